The molecule has 0 spiro atoms. The van der Waals surface area contributed by atoms with E-state index in [2.05, 4.69) is 20.9 Å². The molecule has 1 amide bonds. The van der Waals surface area contributed by atoms with Crippen molar-refractivity contribution in [2.24, 2.45) is 5.92 Å². The summed E-state index contributed by atoms with van der Waals surface area (Å²) in [6.07, 6.45) is 1.67. The summed E-state index contributed by atoms with van der Waals surface area (Å²) in [6, 6.07) is 5.25. The first-order valence-corrected chi connectivity index (χ1v) is 6.99. The number of carboxylic acids is 1. The Balaban J connectivity index is 1.93. The van der Waals surface area contributed by atoms with Crippen molar-refractivity contribution in [1.82, 2.24) is 9.88 Å². The highest BCUT2D eigenvalue weighted by Gasteiger charge is 2.27. The Bertz CT molecular complexity index is 493. The van der Waals surface area contributed by atoms with Crippen molar-refractivity contribution in [3.05, 3.63) is 28.5 Å². The minimum Gasteiger partial charge on any atom is -0.481 e. The second-order valence-electron chi connectivity index (χ2n) is 4.68. The lowest BCUT2D eigenvalue weighted by Gasteiger charge is -2.15. The van der Waals surface area contributed by atoms with Crippen LogP contribution in [0.1, 0.15) is 29.8 Å². The van der Waals surface area contributed by atoms with Crippen LogP contribution in [0.25, 0.3) is 0 Å². The van der Waals surface area contributed by atoms with E-state index in [4.69, 9.17) is 5.11 Å². The van der Waals surface area contributed by atoms with Crippen molar-refractivity contribution >= 4 is 27.8 Å². The number of hydrogen-bond acceptors (Lipinski definition) is 3. The topological polar surface area (TPSA) is 70.5 Å². The molecule has 1 saturated heterocycles. The monoisotopic (exact) mass is 326 g/mol. The maximum Gasteiger partial charge on any atom is 0.303 e. The summed E-state index contributed by atoms with van der Waals surface area (Å²) < 4.78 is 0.639. The second kappa shape index (κ2) is 6.14. The van der Waals surface area contributed by atoms with Crippen LogP contribution in [0.4, 0.5) is 0 Å². The molecule has 1 aliphatic rings. The van der Waals surface area contributed by atoms with Crippen LogP contribution in [0.2, 0.25) is 0 Å². The number of carbonyl (C=O) groups is 2. The van der Waals surface area contributed by atoms with Crippen LogP contribution in [-0.2, 0) is 4.79 Å². The van der Waals surface area contributed by atoms with Gasteiger partial charge in [-0.25, -0.2) is 4.98 Å². The largest absolute Gasteiger partial charge is 0.481 e. The van der Waals surface area contributed by atoms with E-state index in [-0.39, 0.29) is 18.2 Å². The highest BCUT2D eigenvalue weighted by Crippen LogP contribution is 2.22. The molecule has 1 atom stereocenters. The first-order valence-electron chi connectivity index (χ1n) is 6.20. The quantitative estimate of drug-likeness (QED) is 0.861. The van der Waals surface area contributed by atoms with Crippen LogP contribution in [0.5, 0.6) is 0 Å². The molecule has 102 valence electrons. The predicted octanol–water partition coefficient (Wildman–Crippen LogP) is 2.17. The van der Waals surface area contributed by atoms with Gasteiger partial charge in [-0.05, 0) is 46.8 Å². The van der Waals surface area contributed by atoms with Gasteiger partial charge in [0.15, 0.2) is 0 Å². The number of aliphatic carboxylic acids is 1. The Morgan fingerprint density at radius 3 is 2.95 bits per heavy atom. The average Bonchev–Trinajstić information content (AvgIpc) is 2.84. The molecule has 1 unspecified atom stereocenters. The van der Waals surface area contributed by atoms with Gasteiger partial charge in [0, 0.05) is 19.5 Å². The number of pyridine rings is 1. The maximum atomic E-state index is 12.2. The molecule has 19 heavy (non-hydrogen) atoms. The summed E-state index contributed by atoms with van der Waals surface area (Å²) in [5.74, 6) is -0.579. The summed E-state index contributed by atoms with van der Waals surface area (Å²) in [7, 11) is 0. The lowest BCUT2D eigenvalue weighted by molar-refractivity contribution is -0.137. The number of halogens is 1. The molecule has 1 fully saturated rings. The third kappa shape index (κ3) is 3.76. The van der Waals surface area contributed by atoms with E-state index < -0.39 is 5.97 Å². The standard InChI is InChI=1S/C13H15BrN2O3/c14-11-3-1-2-10(15-11)13(19)16-7-6-9(8-16)4-5-12(17)18/h1-3,9H,4-8H2,(H,17,18). The molecule has 1 aromatic rings. The Kier molecular flexibility index (Phi) is 4.52. The Morgan fingerprint density at radius 2 is 2.26 bits per heavy atom. The molecule has 0 bridgehead atoms. The van der Waals surface area contributed by atoms with Gasteiger partial charge >= 0.3 is 5.97 Å². The number of rotatable bonds is 4. The fraction of sp³-hybridized carbons (Fsp3) is 0.462. The third-order valence-electron chi connectivity index (χ3n) is 3.27. The smallest absolute Gasteiger partial charge is 0.303 e. The molecule has 1 aromatic heterocycles. The number of nitrogens with zero attached hydrogens (tertiary/aromatic N) is 2. The molecule has 2 rings (SSSR count). The number of carboxylic acid groups (broad SMARTS) is 1. The molecule has 6 heteroatoms. The Hall–Kier alpha value is -1.43. The van der Waals surface area contributed by atoms with Crippen LogP contribution in [0.15, 0.2) is 22.8 Å². The summed E-state index contributed by atoms with van der Waals surface area (Å²) in [5.41, 5.74) is 0.424. The van der Waals surface area contributed by atoms with Crippen molar-refractivity contribution in [1.29, 1.82) is 0 Å². The molecule has 0 aliphatic carbocycles. The van der Waals surface area contributed by atoms with Gasteiger partial charge in [0.05, 0.1) is 0 Å². The Labute approximate surface area is 119 Å². The average molecular weight is 327 g/mol. The first kappa shape index (κ1) is 14.0. The molecular formula is C13H15BrN2O3. The van der Waals surface area contributed by atoms with Gasteiger partial charge < -0.3 is 10.0 Å². The molecular weight excluding hydrogens is 312 g/mol. The van der Waals surface area contributed by atoms with Crippen molar-refractivity contribution in [2.75, 3.05) is 13.1 Å². The van der Waals surface area contributed by atoms with E-state index in [1.165, 1.54) is 0 Å². The van der Waals surface area contributed by atoms with E-state index in [1.54, 1.807) is 23.1 Å². The van der Waals surface area contributed by atoms with Crippen molar-refractivity contribution in [2.45, 2.75) is 19.3 Å². The molecule has 1 aliphatic heterocycles. The van der Waals surface area contributed by atoms with E-state index in [9.17, 15) is 9.59 Å². The summed E-state index contributed by atoms with van der Waals surface area (Å²) in [6.45, 7) is 1.30. The van der Waals surface area contributed by atoms with Crippen molar-refractivity contribution < 1.29 is 14.7 Å². The van der Waals surface area contributed by atoms with Crippen LogP contribution in [0, 0.1) is 5.92 Å². The van der Waals surface area contributed by atoms with E-state index in [0.29, 0.717) is 29.8 Å². The van der Waals surface area contributed by atoms with E-state index in [1.807, 2.05) is 0 Å². The zero-order chi connectivity index (χ0) is 13.8. The minimum atomic E-state index is -0.779. The zero-order valence-corrected chi connectivity index (χ0v) is 12.0. The van der Waals surface area contributed by atoms with Gasteiger partial charge in [-0.15, -0.1) is 0 Å². The molecule has 0 saturated carbocycles. The number of carbonyl (C=O) groups excluding carboxylic acids is 1. The molecule has 0 aromatic carbocycles. The maximum absolute atomic E-state index is 12.2. The molecule has 0 radical (unpaired) electrons. The van der Waals surface area contributed by atoms with E-state index >= 15 is 0 Å². The summed E-state index contributed by atoms with van der Waals surface area (Å²) in [4.78, 5) is 28.6. The minimum absolute atomic E-state index is 0.0841. The van der Waals surface area contributed by atoms with Crippen LogP contribution < -0.4 is 0 Å². The highest BCUT2D eigenvalue weighted by atomic mass is 79.9. The normalized spacial score (nSPS) is 18.6. The number of likely N-dealkylation sites (tertiary alicyclic amines) is 1. The van der Waals surface area contributed by atoms with Gasteiger partial charge in [-0.2, -0.15) is 0 Å². The number of amides is 1. The van der Waals surface area contributed by atoms with Crippen molar-refractivity contribution in [3.8, 4) is 0 Å². The SMILES string of the molecule is O=C(O)CCC1CCN(C(=O)c2cccc(Br)n2)C1. The Morgan fingerprint density at radius 1 is 1.47 bits per heavy atom. The lowest BCUT2D eigenvalue weighted by Crippen LogP contribution is -2.29. The summed E-state index contributed by atoms with van der Waals surface area (Å²) >= 11 is 3.24. The first-order chi connectivity index (χ1) is 9.06. The molecule has 1 N–H and O–H groups in total. The van der Waals surface area contributed by atoms with Crippen LogP contribution in [0.3, 0.4) is 0 Å². The van der Waals surface area contributed by atoms with Gasteiger partial charge in [0.25, 0.3) is 5.91 Å². The lowest BCUT2D eigenvalue weighted by atomic mass is 10.0. The summed E-state index contributed by atoms with van der Waals surface area (Å²) in [5, 5.41) is 8.66. The molecule has 5 nitrogen and oxygen atoms in total. The molecule has 2 heterocycles. The third-order valence-corrected chi connectivity index (χ3v) is 3.72. The number of aromatic nitrogens is 1. The fourth-order valence-electron chi connectivity index (χ4n) is 2.27. The van der Waals surface area contributed by atoms with Crippen LogP contribution >= 0.6 is 15.9 Å². The predicted molar refractivity (Wildman–Crippen MR) is 72.8 cm³/mol. The van der Waals surface area contributed by atoms with Gasteiger partial charge in [0.1, 0.15) is 10.3 Å². The number of hydrogen-bond donors (Lipinski definition) is 1. The van der Waals surface area contributed by atoms with Gasteiger partial charge in [0.2, 0.25) is 0 Å². The van der Waals surface area contributed by atoms with E-state index in [0.717, 1.165) is 6.42 Å². The van der Waals surface area contributed by atoms with Crippen molar-refractivity contribution in [3.63, 3.8) is 0 Å². The van der Waals surface area contributed by atoms with Gasteiger partial charge in [-0.3, -0.25) is 9.59 Å². The zero-order valence-electron chi connectivity index (χ0n) is 10.4. The highest BCUT2D eigenvalue weighted by molar-refractivity contribution is 9.10. The van der Waals surface area contributed by atoms with Crippen LogP contribution in [-0.4, -0.2) is 40.0 Å². The second-order valence-corrected chi connectivity index (χ2v) is 5.50. The fourth-order valence-corrected chi connectivity index (χ4v) is 2.61. The van der Waals surface area contributed by atoms with Gasteiger partial charge in [-0.1, -0.05) is 6.07 Å².